The van der Waals surface area contributed by atoms with Crippen molar-refractivity contribution < 1.29 is 4.42 Å². The molecule has 2 nitrogen and oxygen atoms in total. The highest BCUT2D eigenvalue weighted by molar-refractivity contribution is 6.15. The first kappa shape index (κ1) is 8.88. The standard InChI is InChI=1S/C15H11NO/c1-16-12-8-4-2-6-10(12)15-14(16)11-7-3-5-9-13(11)17-15/h2-9H,1H3. The first-order chi connectivity index (χ1) is 8.36. The Bertz CT molecular complexity index is 845. The normalized spacial score (nSPS) is 11.8. The van der Waals surface area contributed by atoms with Crippen LogP contribution in [0.1, 0.15) is 0 Å². The Morgan fingerprint density at radius 3 is 2.47 bits per heavy atom. The first-order valence-corrected chi connectivity index (χ1v) is 5.71. The summed E-state index contributed by atoms with van der Waals surface area (Å²) in [6.45, 7) is 0. The van der Waals surface area contributed by atoms with E-state index in [0.29, 0.717) is 0 Å². The van der Waals surface area contributed by atoms with Crippen molar-refractivity contribution in [1.82, 2.24) is 4.57 Å². The van der Waals surface area contributed by atoms with Gasteiger partial charge in [-0.05, 0) is 24.3 Å². The zero-order valence-corrected chi connectivity index (χ0v) is 9.47. The highest BCUT2D eigenvalue weighted by Crippen LogP contribution is 2.35. The predicted octanol–water partition coefficient (Wildman–Crippen LogP) is 4.08. The molecule has 0 saturated carbocycles. The van der Waals surface area contributed by atoms with E-state index in [9.17, 15) is 0 Å². The molecule has 0 aliphatic rings. The molecule has 0 aliphatic heterocycles. The highest BCUT2D eigenvalue weighted by Gasteiger charge is 2.14. The van der Waals surface area contributed by atoms with Crippen LogP contribution in [0.4, 0.5) is 0 Å². The number of benzene rings is 2. The molecule has 0 atom stereocenters. The predicted molar refractivity (Wildman–Crippen MR) is 70.2 cm³/mol. The molecule has 0 unspecified atom stereocenters. The monoisotopic (exact) mass is 221 g/mol. The second kappa shape index (κ2) is 2.92. The van der Waals surface area contributed by atoms with E-state index in [0.717, 1.165) is 11.2 Å². The summed E-state index contributed by atoms with van der Waals surface area (Å²) < 4.78 is 8.17. The van der Waals surface area contributed by atoms with Crippen LogP contribution in [-0.2, 0) is 7.05 Å². The maximum absolute atomic E-state index is 5.97. The summed E-state index contributed by atoms with van der Waals surface area (Å²) in [6.07, 6.45) is 0. The number of fused-ring (bicyclic) bond motifs is 5. The Hall–Kier alpha value is -2.22. The van der Waals surface area contributed by atoms with Crippen molar-refractivity contribution in [2.75, 3.05) is 0 Å². The molecule has 2 heterocycles. The molecule has 0 N–H and O–H groups in total. The number of aromatic nitrogens is 1. The van der Waals surface area contributed by atoms with Gasteiger partial charge in [-0.15, -0.1) is 0 Å². The van der Waals surface area contributed by atoms with Crippen LogP contribution in [-0.4, -0.2) is 4.57 Å². The lowest BCUT2D eigenvalue weighted by Gasteiger charge is -1.96. The topological polar surface area (TPSA) is 18.1 Å². The number of rotatable bonds is 0. The van der Waals surface area contributed by atoms with Gasteiger partial charge in [0.05, 0.1) is 11.0 Å². The Morgan fingerprint density at radius 2 is 1.59 bits per heavy atom. The molecule has 0 saturated heterocycles. The Balaban J connectivity index is 2.40. The molecule has 0 radical (unpaired) electrons. The molecular weight excluding hydrogens is 210 g/mol. The molecule has 2 heteroatoms. The smallest absolute Gasteiger partial charge is 0.161 e. The molecule has 2 aromatic heterocycles. The molecule has 17 heavy (non-hydrogen) atoms. The largest absolute Gasteiger partial charge is 0.454 e. The highest BCUT2D eigenvalue weighted by atomic mass is 16.3. The van der Waals surface area contributed by atoms with E-state index < -0.39 is 0 Å². The minimum absolute atomic E-state index is 0.957. The van der Waals surface area contributed by atoms with Gasteiger partial charge in [0.1, 0.15) is 5.58 Å². The lowest BCUT2D eigenvalue weighted by Crippen LogP contribution is -1.85. The fourth-order valence-electron chi connectivity index (χ4n) is 2.63. The Labute approximate surface area is 98.1 Å². The summed E-state index contributed by atoms with van der Waals surface area (Å²) >= 11 is 0. The van der Waals surface area contributed by atoms with Crippen LogP contribution in [0.15, 0.2) is 52.9 Å². The van der Waals surface area contributed by atoms with Gasteiger partial charge >= 0.3 is 0 Å². The molecule has 4 rings (SSSR count). The summed E-state index contributed by atoms with van der Waals surface area (Å²) in [5, 5.41) is 2.36. The van der Waals surface area contributed by atoms with Crippen LogP contribution in [0.3, 0.4) is 0 Å². The van der Waals surface area contributed by atoms with E-state index >= 15 is 0 Å². The van der Waals surface area contributed by atoms with Gasteiger partial charge in [0, 0.05) is 17.8 Å². The van der Waals surface area contributed by atoms with Crippen LogP contribution in [0, 0.1) is 0 Å². The SMILES string of the molecule is Cn1c2ccccc2c2oc3ccccc3c21. The van der Waals surface area contributed by atoms with Gasteiger partial charge in [0.25, 0.3) is 0 Å². The Kier molecular flexibility index (Phi) is 1.52. The van der Waals surface area contributed by atoms with Crippen LogP contribution in [0.5, 0.6) is 0 Å². The van der Waals surface area contributed by atoms with Crippen LogP contribution >= 0.6 is 0 Å². The maximum atomic E-state index is 5.97. The van der Waals surface area contributed by atoms with Gasteiger partial charge in [0.2, 0.25) is 0 Å². The number of para-hydroxylation sites is 2. The zero-order chi connectivity index (χ0) is 11.4. The summed E-state index contributed by atoms with van der Waals surface area (Å²) in [5.41, 5.74) is 4.34. The summed E-state index contributed by atoms with van der Waals surface area (Å²) in [4.78, 5) is 0. The van der Waals surface area contributed by atoms with Crippen molar-refractivity contribution in [1.29, 1.82) is 0 Å². The van der Waals surface area contributed by atoms with E-state index in [4.69, 9.17) is 4.42 Å². The van der Waals surface area contributed by atoms with Crippen molar-refractivity contribution in [3.8, 4) is 0 Å². The van der Waals surface area contributed by atoms with Crippen molar-refractivity contribution in [2.24, 2.45) is 7.05 Å². The fourth-order valence-corrected chi connectivity index (χ4v) is 2.63. The maximum Gasteiger partial charge on any atom is 0.161 e. The number of nitrogens with zero attached hydrogens (tertiary/aromatic N) is 1. The molecule has 0 aliphatic carbocycles. The number of hydrogen-bond donors (Lipinski definition) is 0. The summed E-state index contributed by atoms with van der Waals surface area (Å²) in [5.74, 6) is 0. The van der Waals surface area contributed by atoms with Crippen LogP contribution < -0.4 is 0 Å². The summed E-state index contributed by atoms with van der Waals surface area (Å²) in [7, 11) is 2.09. The summed E-state index contributed by atoms with van der Waals surface area (Å²) in [6, 6.07) is 16.5. The van der Waals surface area contributed by atoms with Gasteiger partial charge < -0.3 is 8.98 Å². The minimum atomic E-state index is 0.957. The van der Waals surface area contributed by atoms with Crippen molar-refractivity contribution in [3.05, 3.63) is 48.5 Å². The number of aryl methyl sites for hydroxylation is 1. The molecular formula is C15H11NO. The van der Waals surface area contributed by atoms with E-state index in [1.165, 1.54) is 21.8 Å². The third-order valence-electron chi connectivity index (χ3n) is 3.41. The van der Waals surface area contributed by atoms with E-state index in [-0.39, 0.29) is 0 Å². The van der Waals surface area contributed by atoms with Crippen LogP contribution in [0.25, 0.3) is 33.0 Å². The number of hydrogen-bond acceptors (Lipinski definition) is 1. The lowest BCUT2D eigenvalue weighted by molar-refractivity contribution is 0.672. The minimum Gasteiger partial charge on any atom is -0.454 e. The fraction of sp³-hybridized carbons (Fsp3) is 0.0667. The van der Waals surface area contributed by atoms with Gasteiger partial charge in [-0.1, -0.05) is 24.3 Å². The van der Waals surface area contributed by atoms with E-state index in [1.807, 2.05) is 12.1 Å². The van der Waals surface area contributed by atoms with Gasteiger partial charge in [-0.25, -0.2) is 0 Å². The average Bonchev–Trinajstić information content (AvgIpc) is 2.88. The van der Waals surface area contributed by atoms with Crippen molar-refractivity contribution in [2.45, 2.75) is 0 Å². The van der Waals surface area contributed by atoms with Gasteiger partial charge in [-0.2, -0.15) is 0 Å². The van der Waals surface area contributed by atoms with Crippen molar-refractivity contribution >= 4 is 33.0 Å². The molecule has 0 amide bonds. The third-order valence-corrected chi connectivity index (χ3v) is 3.41. The molecule has 0 bridgehead atoms. The second-order valence-corrected chi connectivity index (χ2v) is 4.35. The van der Waals surface area contributed by atoms with Gasteiger partial charge in [-0.3, -0.25) is 0 Å². The van der Waals surface area contributed by atoms with E-state index in [1.54, 1.807) is 0 Å². The van der Waals surface area contributed by atoms with Gasteiger partial charge in [0.15, 0.2) is 5.58 Å². The first-order valence-electron chi connectivity index (χ1n) is 5.71. The molecule has 4 aromatic rings. The lowest BCUT2D eigenvalue weighted by atomic mass is 10.2. The van der Waals surface area contributed by atoms with Crippen LogP contribution in [0.2, 0.25) is 0 Å². The van der Waals surface area contributed by atoms with E-state index in [2.05, 4.69) is 48.0 Å². The average molecular weight is 221 g/mol. The quantitative estimate of drug-likeness (QED) is 0.437. The third kappa shape index (κ3) is 0.998. The zero-order valence-electron chi connectivity index (χ0n) is 9.47. The number of furan rings is 1. The second-order valence-electron chi connectivity index (χ2n) is 4.35. The van der Waals surface area contributed by atoms with Crippen molar-refractivity contribution in [3.63, 3.8) is 0 Å². The molecule has 82 valence electrons. The molecule has 0 fully saturated rings. The molecule has 0 spiro atoms. The Morgan fingerprint density at radius 1 is 0.882 bits per heavy atom. The molecule has 2 aromatic carbocycles.